The standard InChI is InChI=1S/C14H16O4/c1-9(2)14(16)18-12-6-5-11(7-10(3)15)8-13(12)17-4/h5-6,8H,1,7H2,2-4H3. The molecular formula is C14H16O4. The highest BCUT2D eigenvalue weighted by atomic mass is 16.6. The summed E-state index contributed by atoms with van der Waals surface area (Å²) in [7, 11) is 1.48. The Labute approximate surface area is 106 Å². The van der Waals surface area contributed by atoms with Crippen molar-refractivity contribution in [3.05, 3.63) is 35.9 Å². The second kappa shape index (κ2) is 6.00. The van der Waals surface area contributed by atoms with Crippen LogP contribution < -0.4 is 9.47 Å². The average molecular weight is 248 g/mol. The second-order valence-electron chi connectivity index (χ2n) is 4.03. The van der Waals surface area contributed by atoms with E-state index in [1.165, 1.54) is 14.0 Å². The van der Waals surface area contributed by atoms with E-state index in [9.17, 15) is 9.59 Å². The Balaban J connectivity index is 2.96. The van der Waals surface area contributed by atoms with Gasteiger partial charge >= 0.3 is 5.97 Å². The van der Waals surface area contributed by atoms with Crippen LogP contribution in [0.1, 0.15) is 19.4 Å². The minimum absolute atomic E-state index is 0.0590. The molecule has 0 spiro atoms. The van der Waals surface area contributed by atoms with Gasteiger partial charge in [0.1, 0.15) is 5.78 Å². The first kappa shape index (κ1) is 14.0. The Kier molecular flexibility index (Phi) is 4.66. The van der Waals surface area contributed by atoms with E-state index >= 15 is 0 Å². The first-order valence-electron chi connectivity index (χ1n) is 5.48. The van der Waals surface area contributed by atoms with Crippen LogP contribution in [-0.2, 0) is 16.0 Å². The molecular weight excluding hydrogens is 232 g/mol. The molecule has 4 heteroatoms. The molecule has 18 heavy (non-hydrogen) atoms. The molecule has 4 nitrogen and oxygen atoms in total. The van der Waals surface area contributed by atoms with Crippen molar-refractivity contribution in [1.29, 1.82) is 0 Å². The Hall–Kier alpha value is -2.10. The van der Waals surface area contributed by atoms with Crippen LogP contribution in [0.25, 0.3) is 0 Å². The number of rotatable bonds is 5. The van der Waals surface area contributed by atoms with Gasteiger partial charge in [-0.3, -0.25) is 4.79 Å². The van der Waals surface area contributed by atoms with Gasteiger partial charge in [-0.15, -0.1) is 0 Å². The van der Waals surface area contributed by atoms with Gasteiger partial charge in [0.2, 0.25) is 0 Å². The molecule has 1 rings (SSSR count). The van der Waals surface area contributed by atoms with Crippen molar-refractivity contribution in [3.63, 3.8) is 0 Å². The zero-order valence-electron chi connectivity index (χ0n) is 10.8. The van der Waals surface area contributed by atoms with Crippen LogP contribution in [0.15, 0.2) is 30.4 Å². The van der Waals surface area contributed by atoms with Crippen LogP contribution in [-0.4, -0.2) is 18.9 Å². The topological polar surface area (TPSA) is 52.6 Å². The molecule has 0 aliphatic carbocycles. The van der Waals surface area contributed by atoms with Gasteiger partial charge in [-0.2, -0.15) is 0 Å². The molecule has 96 valence electrons. The smallest absolute Gasteiger partial charge is 0.338 e. The molecule has 1 aromatic carbocycles. The minimum atomic E-state index is -0.507. The number of hydrogen-bond donors (Lipinski definition) is 0. The van der Waals surface area contributed by atoms with Gasteiger partial charge in [0.05, 0.1) is 7.11 Å². The summed E-state index contributed by atoms with van der Waals surface area (Å²) in [5, 5.41) is 0. The quantitative estimate of drug-likeness (QED) is 0.456. The Morgan fingerprint density at radius 3 is 2.39 bits per heavy atom. The molecule has 0 heterocycles. The van der Waals surface area contributed by atoms with Crippen molar-refractivity contribution in [1.82, 2.24) is 0 Å². The van der Waals surface area contributed by atoms with Crippen LogP contribution in [0.5, 0.6) is 11.5 Å². The summed E-state index contributed by atoms with van der Waals surface area (Å²) >= 11 is 0. The van der Waals surface area contributed by atoms with Crippen molar-refractivity contribution in [2.45, 2.75) is 20.3 Å². The fourth-order valence-corrected chi connectivity index (χ4v) is 1.38. The van der Waals surface area contributed by atoms with Gasteiger partial charge < -0.3 is 9.47 Å². The molecule has 1 aromatic rings. The maximum atomic E-state index is 11.4. The molecule has 0 aliphatic heterocycles. The SMILES string of the molecule is C=C(C)C(=O)Oc1ccc(CC(C)=O)cc1OC. The Morgan fingerprint density at radius 2 is 1.89 bits per heavy atom. The van der Waals surface area contributed by atoms with Gasteiger partial charge in [-0.05, 0) is 31.5 Å². The first-order chi connectivity index (χ1) is 8.43. The number of esters is 1. The maximum Gasteiger partial charge on any atom is 0.338 e. The summed E-state index contributed by atoms with van der Waals surface area (Å²) in [6.45, 7) is 6.59. The van der Waals surface area contributed by atoms with E-state index in [-0.39, 0.29) is 5.78 Å². The lowest BCUT2D eigenvalue weighted by Gasteiger charge is -2.10. The third-order valence-electron chi connectivity index (χ3n) is 2.23. The van der Waals surface area contributed by atoms with Crippen molar-refractivity contribution < 1.29 is 19.1 Å². The van der Waals surface area contributed by atoms with E-state index in [4.69, 9.17) is 9.47 Å². The molecule has 0 aromatic heterocycles. The van der Waals surface area contributed by atoms with Crippen molar-refractivity contribution in [3.8, 4) is 11.5 Å². The lowest BCUT2D eigenvalue weighted by Crippen LogP contribution is -2.09. The Bertz CT molecular complexity index is 489. The maximum absolute atomic E-state index is 11.4. The summed E-state index contributed by atoms with van der Waals surface area (Å²) in [5.74, 6) is 0.289. The summed E-state index contributed by atoms with van der Waals surface area (Å²) < 4.78 is 10.2. The Morgan fingerprint density at radius 1 is 1.22 bits per heavy atom. The molecule has 0 amide bonds. The normalized spacial score (nSPS) is 9.72. The van der Waals surface area contributed by atoms with Crippen LogP contribution in [0.2, 0.25) is 0 Å². The fourth-order valence-electron chi connectivity index (χ4n) is 1.38. The third-order valence-corrected chi connectivity index (χ3v) is 2.23. The first-order valence-corrected chi connectivity index (χ1v) is 5.48. The van der Waals surface area contributed by atoms with Crippen molar-refractivity contribution in [2.24, 2.45) is 0 Å². The van der Waals surface area contributed by atoms with E-state index in [1.54, 1.807) is 25.1 Å². The highest BCUT2D eigenvalue weighted by molar-refractivity contribution is 5.89. The zero-order chi connectivity index (χ0) is 13.7. The summed E-state index contributed by atoms with van der Waals surface area (Å²) in [6.07, 6.45) is 0.324. The van der Waals surface area contributed by atoms with Gasteiger partial charge in [-0.25, -0.2) is 4.79 Å². The summed E-state index contributed by atoms with van der Waals surface area (Å²) in [6, 6.07) is 5.02. The lowest BCUT2D eigenvalue weighted by molar-refractivity contribution is -0.130. The monoisotopic (exact) mass is 248 g/mol. The molecule has 0 unspecified atom stereocenters. The predicted molar refractivity (Wildman–Crippen MR) is 67.8 cm³/mol. The second-order valence-corrected chi connectivity index (χ2v) is 4.03. The summed E-state index contributed by atoms with van der Waals surface area (Å²) in [4.78, 5) is 22.4. The highest BCUT2D eigenvalue weighted by Crippen LogP contribution is 2.28. The molecule has 0 N–H and O–H groups in total. The minimum Gasteiger partial charge on any atom is -0.493 e. The number of benzene rings is 1. The largest absolute Gasteiger partial charge is 0.493 e. The van der Waals surface area contributed by atoms with E-state index in [0.717, 1.165) is 5.56 Å². The van der Waals surface area contributed by atoms with E-state index in [2.05, 4.69) is 6.58 Å². The molecule has 0 saturated carbocycles. The van der Waals surface area contributed by atoms with Crippen LogP contribution in [0.3, 0.4) is 0 Å². The fraction of sp³-hybridized carbons (Fsp3) is 0.286. The van der Waals surface area contributed by atoms with Gasteiger partial charge in [0.25, 0.3) is 0 Å². The summed E-state index contributed by atoms with van der Waals surface area (Å²) in [5.41, 5.74) is 1.12. The van der Waals surface area contributed by atoms with Crippen LogP contribution in [0.4, 0.5) is 0 Å². The lowest BCUT2D eigenvalue weighted by atomic mass is 10.1. The van der Waals surface area contributed by atoms with Crippen LogP contribution >= 0.6 is 0 Å². The molecule has 0 radical (unpaired) electrons. The van der Waals surface area contributed by atoms with E-state index in [0.29, 0.717) is 23.5 Å². The number of ketones is 1. The zero-order valence-corrected chi connectivity index (χ0v) is 10.8. The van der Waals surface area contributed by atoms with Gasteiger partial charge in [-0.1, -0.05) is 12.6 Å². The van der Waals surface area contributed by atoms with Gasteiger partial charge in [0.15, 0.2) is 11.5 Å². The molecule has 0 saturated heterocycles. The van der Waals surface area contributed by atoms with Crippen molar-refractivity contribution >= 4 is 11.8 Å². The van der Waals surface area contributed by atoms with E-state index in [1.807, 2.05) is 0 Å². The van der Waals surface area contributed by atoms with Gasteiger partial charge in [0, 0.05) is 12.0 Å². The molecule has 0 atom stereocenters. The van der Waals surface area contributed by atoms with E-state index < -0.39 is 5.97 Å². The number of hydrogen-bond acceptors (Lipinski definition) is 4. The number of Topliss-reactive ketones (excluding diaryl/α,β-unsaturated/α-hetero) is 1. The van der Waals surface area contributed by atoms with Crippen molar-refractivity contribution in [2.75, 3.05) is 7.11 Å². The molecule has 0 aliphatic rings. The molecule has 0 fully saturated rings. The number of methoxy groups -OCH3 is 1. The number of carbonyl (C=O) groups excluding carboxylic acids is 2. The average Bonchev–Trinajstić information content (AvgIpc) is 2.30. The predicted octanol–water partition coefficient (Wildman–Crippen LogP) is 2.31. The molecule has 0 bridgehead atoms. The number of carbonyl (C=O) groups is 2. The van der Waals surface area contributed by atoms with Crippen LogP contribution in [0, 0.1) is 0 Å². The number of ether oxygens (including phenoxy) is 2. The highest BCUT2D eigenvalue weighted by Gasteiger charge is 2.11. The third kappa shape index (κ3) is 3.73.